The normalized spacial score (nSPS) is 18.4. The van der Waals surface area contributed by atoms with Crippen LogP contribution in [0.5, 0.6) is 11.5 Å². The maximum Gasteiger partial charge on any atom is 0.344 e. The minimum Gasteiger partial charge on any atom is -0.493 e. The Hall–Kier alpha value is -3.84. The molecule has 0 saturated carbocycles. The van der Waals surface area contributed by atoms with Crippen molar-refractivity contribution in [3.8, 4) is 11.5 Å². The minimum atomic E-state index is -0.453. The topological polar surface area (TPSA) is 76.7 Å². The summed E-state index contributed by atoms with van der Waals surface area (Å²) in [6.45, 7) is 6.97. The van der Waals surface area contributed by atoms with Gasteiger partial charge in [0.05, 0.1) is 18.2 Å². The third-order valence-corrected chi connectivity index (χ3v) is 9.98. The van der Waals surface area contributed by atoms with Crippen LogP contribution < -0.4 is 20.1 Å². The third-order valence-electron chi connectivity index (χ3n) is 8.79. The molecule has 0 fully saturated rings. The first-order valence-corrected chi connectivity index (χ1v) is 14.7. The molecule has 0 unspecified atom stereocenters. The van der Waals surface area contributed by atoms with Crippen LogP contribution in [-0.4, -0.2) is 19.0 Å². The van der Waals surface area contributed by atoms with E-state index in [-0.39, 0.29) is 11.3 Å². The number of carbonyl (C=O) groups is 2. The highest BCUT2D eigenvalue weighted by atomic mass is 32.1. The summed E-state index contributed by atoms with van der Waals surface area (Å²) in [6.07, 6.45) is 3.81. The second-order valence-electron chi connectivity index (χ2n) is 11.4. The lowest BCUT2D eigenvalue weighted by Crippen LogP contribution is -2.38. The molecule has 2 heterocycles. The third kappa shape index (κ3) is 4.62. The lowest BCUT2D eigenvalue weighted by molar-refractivity contribution is 0.0731. The van der Waals surface area contributed by atoms with Gasteiger partial charge in [-0.1, -0.05) is 69.7 Å². The fourth-order valence-corrected chi connectivity index (χ4v) is 7.28. The number of esters is 1. The molecule has 2 atom stereocenters. The molecule has 1 amide bonds. The molecule has 0 bridgehead atoms. The Morgan fingerprint density at radius 1 is 1.05 bits per heavy atom. The number of rotatable bonds is 6. The highest BCUT2D eigenvalue weighted by Crippen LogP contribution is 2.47. The molecule has 1 aromatic heterocycles. The van der Waals surface area contributed by atoms with Crippen molar-refractivity contribution >= 4 is 39.0 Å². The molecule has 1 aliphatic heterocycles. The highest BCUT2D eigenvalue weighted by molar-refractivity contribution is 7.16. The van der Waals surface area contributed by atoms with Crippen molar-refractivity contribution in [2.75, 3.05) is 12.4 Å². The maximum atomic E-state index is 13.3. The number of carbonyl (C=O) groups excluding carboxylic acids is 2. The molecule has 2 aliphatic rings. The standard InChI is InChI=1S/C33H34N2O4S/c1-5-33(2,3)21-14-15-24-27(18-21)40-31-28(24)30(36)34-29(35-31)20-13-16-25(26(17-20)38-4)39-32(37)23-12-8-10-19-9-6-7-11-22(19)23/h6-13,16-17,21,29,35H,5,14-15,18H2,1-4H3,(H,34,36)/t21-,29+/m0/s1. The number of amides is 1. The van der Waals surface area contributed by atoms with Crippen molar-refractivity contribution in [3.63, 3.8) is 0 Å². The number of fused-ring (bicyclic) bond motifs is 4. The molecule has 6 nitrogen and oxygen atoms in total. The van der Waals surface area contributed by atoms with Gasteiger partial charge in [0.1, 0.15) is 11.2 Å². The lowest BCUT2D eigenvalue weighted by atomic mass is 9.69. The summed E-state index contributed by atoms with van der Waals surface area (Å²) in [5.41, 5.74) is 3.60. The second-order valence-corrected chi connectivity index (χ2v) is 12.5. The fourth-order valence-electron chi connectivity index (χ4n) is 5.93. The molecule has 7 heteroatoms. The molecule has 4 aromatic rings. The molecule has 0 radical (unpaired) electrons. The molecule has 0 spiro atoms. The molecule has 1 aliphatic carbocycles. The van der Waals surface area contributed by atoms with Gasteiger partial charge in [0.2, 0.25) is 0 Å². The summed E-state index contributed by atoms with van der Waals surface area (Å²) in [4.78, 5) is 27.8. The van der Waals surface area contributed by atoms with Crippen LogP contribution in [0.2, 0.25) is 0 Å². The van der Waals surface area contributed by atoms with Gasteiger partial charge in [-0.2, -0.15) is 0 Å². The summed E-state index contributed by atoms with van der Waals surface area (Å²) in [6, 6.07) is 18.7. The Morgan fingerprint density at radius 2 is 1.85 bits per heavy atom. The number of hydrogen-bond acceptors (Lipinski definition) is 6. The number of hydrogen-bond donors (Lipinski definition) is 2. The van der Waals surface area contributed by atoms with Crippen LogP contribution in [0.1, 0.15) is 76.5 Å². The van der Waals surface area contributed by atoms with Crippen molar-refractivity contribution in [1.29, 1.82) is 0 Å². The first-order valence-electron chi connectivity index (χ1n) is 13.9. The van der Waals surface area contributed by atoms with E-state index in [1.54, 1.807) is 30.6 Å². The van der Waals surface area contributed by atoms with E-state index in [4.69, 9.17) is 9.47 Å². The van der Waals surface area contributed by atoms with Gasteiger partial charge in [0.15, 0.2) is 11.5 Å². The Kier molecular flexibility index (Phi) is 6.78. The number of ether oxygens (including phenoxy) is 2. The minimum absolute atomic E-state index is 0.0464. The van der Waals surface area contributed by atoms with Gasteiger partial charge in [-0.25, -0.2) is 4.79 Å². The van der Waals surface area contributed by atoms with E-state index in [2.05, 4.69) is 31.4 Å². The zero-order chi connectivity index (χ0) is 28.0. The first kappa shape index (κ1) is 26.4. The first-order chi connectivity index (χ1) is 19.3. The van der Waals surface area contributed by atoms with Crippen LogP contribution >= 0.6 is 11.3 Å². The fraction of sp³-hybridized carbons (Fsp3) is 0.333. The molecule has 0 saturated heterocycles. The molecule has 3 aromatic carbocycles. The van der Waals surface area contributed by atoms with E-state index in [0.717, 1.165) is 52.6 Å². The van der Waals surface area contributed by atoms with Gasteiger partial charge in [-0.3, -0.25) is 4.79 Å². The zero-order valence-electron chi connectivity index (χ0n) is 23.3. The number of methoxy groups -OCH3 is 1. The maximum absolute atomic E-state index is 13.3. The van der Waals surface area contributed by atoms with Crippen molar-refractivity contribution in [2.45, 2.75) is 52.6 Å². The second kappa shape index (κ2) is 10.3. The van der Waals surface area contributed by atoms with Crippen molar-refractivity contribution in [2.24, 2.45) is 11.3 Å². The van der Waals surface area contributed by atoms with E-state index in [1.807, 2.05) is 48.5 Å². The smallest absolute Gasteiger partial charge is 0.344 e. The van der Waals surface area contributed by atoms with Gasteiger partial charge >= 0.3 is 5.97 Å². The zero-order valence-corrected chi connectivity index (χ0v) is 24.1. The van der Waals surface area contributed by atoms with E-state index in [0.29, 0.717) is 23.0 Å². The van der Waals surface area contributed by atoms with Crippen molar-refractivity contribution in [3.05, 3.63) is 87.8 Å². The van der Waals surface area contributed by atoms with Crippen LogP contribution in [-0.2, 0) is 12.8 Å². The summed E-state index contributed by atoms with van der Waals surface area (Å²) >= 11 is 1.72. The Labute approximate surface area is 238 Å². The van der Waals surface area contributed by atoms with Gasteiger partial charge in [-0.15, -0.1) is 11.3 Å². The molecule has 40 heavy (non-hydrogen) atoms. The van der Waals surface area contributed by atoms with E-state index in [9.17, 15) is 9.59 Å². The van der Waals surface area contributed by atoms with E-state index < -0.39 is 12.1 Å². The summed E-state index contributed by atoms with van der Waals surface area (Å²) < 4.78 is 11.4. The molecular weight excluding hydrogens is 520 g/mol. The average molecular weight is 555 g/mol. The van der Waals surface area contributed by atoms with E-state index in [1.165, 1.54) is 10.4 Å². The van der Waals surface area contributed by atoms with Crippen LogP contribution in [0.4, 0.5) is 5.00 Å². The van der Waals surface area contributed by atoms with Crippen LogP contribution in [0.15, 0.2) is 60.7 Å². The van der Waals surface area contributed by atoms with Crippen molar-refractivity contribution < 1.29 is 19.1 Å². The highest BCUT2D eigenvalue weighted by Gasteiger charge is 2.37. The molecule has 6 rings (SSSR count). The molecule has 206 valence electrons. The number of thiophene rings is 1. The molecular formula is C33H34N2O4S. The van der Waals surface area contributed by atoms with Crippen LogP contribution in [0.25, 0.3) is 10.8 Å². The van der Waals surface area contributed by atoms with E-state index >= 15 is 0 Å². The van der Waals surface area contributed by atoms with Gasteiger partial charge in [0, 0.05) is 4.88 Å². The number of benzene rings is 3. The number of anilines is 1. The summed E-state index contributed by atoms with van der Waals surface area (Å²) in [7, 11) is 1.54. The quantitative estimate of drug-likeness (QED) is 0.190. The van der Waals surface area contributed by atoms with Gasteiger partial charge in [-0.05, 0) is 70.7 Å². The lowest BCUT2D eigenvalue weighted by Gasteiger charge is -2.36. The number of nitrogens with one attached hydrogen (secondary N) is 2. The predicted molar refractivity (Wildman–Crippen MR) is 160 cm³/mol. The Morgan fingerprint density at radius 3 is 2.65 bits per heavy atom. The van der Waals surface area contributed by atoms with Gasteiger partial charge in [0.25, 0.3) is 5.91 Å². The van der Waals surface area contributed by atoms with Crippen LogP contribution in [0, 0.1) is 11.3 Å². The average Bonchev–Trinajstić information content (AvgIpc) is 3.35. The monoisotopic (exact) mass is 554 g/mol. The van der Waals surface area contributed by atoms with Gasteiger partial charge < -0.3 is 20.1 Å². The molecule has 2 N–H and O–H groups in total. The van der Waals surface area contributed by atoms with Crippen LogP contribution in [0.3, 0.4) is 0 Å². The summed E-state index contributed by atoms with van der Waals surface area (Å²) in [5, 5.41) is 9.41. The summed E-state index contributed by atoms with van der Waals surface area (Å²) in [5.74, 6) is 0.865. The largest absolute Gasteiger partial charge is 0.493 e. The SMILES string of the molecule is CCC(C)(C)[C@H]1CCc2c(sc3c2C(=O)N[C@@H](c2ccc(OC(=O)c4cccc5ccccc45)c(OC)c2)N3)C1. The Bertz CT molecular complexity index is 1620. The Balaban J connectivity index is 1.23. The van der Waals surface area contributed by atoms with Crippen molar-refractivity contribution in [1.82, 2.24) is 5.32 Å². The predicted octanol–water partition coefficient (Wildman–Crippen LogP) is 7.52.